The van der Waals surface area contributed by atoms with E-state index < -0.39 is 22.6 Å². The molecule has 3 saturated heterocycles. The van der Waals surface area contributed by atoms with Gasteiger partial charge in [0.15, 0.2) is 0 Å². The fourth-order valence-electron chi connectivity index (χ4n) is 7.01. The number of carbonyl (C=O) groups is 1. The Morgan fingerprint density at radius 3 is 2.93 bits per heavy atom. The Bertz CT molecular complexity index is 854. The lowest BCUT2D eigenvalue weighted by Gasteiger charge is -2.59. The molecule has 144 valence electrons. The van der Waals surface area contributed by atoms with Gasteiger partial charge in [0.25, 0.3) is 0 Å². The summed E-state index contributed by atoms with van der Waals surface area (Å²) in [6.07, 6.45) is 2.51. The van der Waals surface area contributed by atoms with Crippen molar-refractivity contribution in [3.05, 3.63) is 41.5 Å². The first kappa shape index (κ1) is 17.2. The monoisotopic (exact) mass is 370 g/mol. The van der Waals surface area contributed by atoms with E-state index in [1.54, 1.807) is 0 Å². The van der Waals surface area contributed by atoms with Gasteiger partial charge >= 0.3 is 5.97 Å². The third-order valence-electron chi connectivity index (χ3n) is 7.91. The summed E-state index contributed by atoms with van der Waals surface area (Å²) >= 11 is 0. The molecule has 5 aliphatic rings. The standard InChI is InChI=1S/C21H26N2O4/c1-3-13-11-23-9-8-20-14-6-4-5-7-16(14)22-21(20,23)17(25)10-15(13)19(20,12-24)18(26)27-2/h3-7,15,17,22,24-25H,8-12H2,1-2H3/b13-3+/t15-,17-,19-,20-,21-/m0/s1. The average molecular weight is 370 g/mol. The first-order valence-electron chi connectivity index (χ1n) is 9.68. The molecule has 6 atom stereocenters. The molecule has 4 heterocycles. The summed E-state index contributed by atoms with van der Waals surface area (Å²) < 4.78 is 5.33. The van der Waals surface area contributed by atoms with Crippen LogP contribution < -0.4 is 5.32 Å². The smallest absolute Gasteiger partial charge is 0.315 e. The summed E-state index contributed by atoms with van der Waals surface area (Å²) in [4.78, 5) is 15.7. The number of ether oxygens (including phenoxy) is 1. The highest BCUT2D eigenvalue weighted by molar-refractivity contribution is 5.85. The van der Waals surface area contributed by atoms with Crippen LogP contribution in [-0.2, 0) is 14.9 Å². The van der Waals surface area contributed by atoms with Gasteiger partial charge in [0.2, 0.25) is 0 Å². The van der Waals surface area contributed by atoms with Gasteiger partial charge in [0, 0.05) is 24.7 Å². The number of hydrogen-bond donors (Lipinski definition) is 3. The molecule has 4 aliphatic heterocycles. The van der Waals surface area contributed by atoms with Gasteiger partial charge in [-0.05, 0) is 31.4 Å². The van der Waals surface area contributed by atoms with E-state index in [1.165, 1.54) is 7.11 Å². The molecule has 3 N–H and O–H groups in total. The topological polar surface area (TPSA) is 82.0 Å². The quantitative estimate of drug-likeness (QED) is 0.537. The normalized spacial score (nSPS) is 45.2. The number of rotatable bonds is 2. The summed E-state index contributed by atoms with van der Waals surface area (Å²) in [7, 11) is 1.40. The second-order valence-corrected chi connectivity index (χ2v) is 8.30. The molecule has 1 aromatic carbocycles. The minimum absolute atomic E-state index is 0.263. The number of nitrogens with zero attached hydrogens (tertiary/aromatic N) is 1. The minimum Gasteiger partial charge on any atom is -0.468 e. The molecule has 1 spiro atoms. The fraction of sp³-hybridized carbons (Fsp3) is 0.571. The van der Waals surface area contributed by atoms with Crippen LogP contribution in [0.15, 0.2) is 35.9 Å². The number of allylic oxidation sites excluding steroid dienone is 1. The average Bonchev–Trinajstić information content (AvgIpc) is 3.11. The predicted octanol–water partition coefficient (Wildman–Crippen LogP) is 1.24. The number of carbonyl (C=O) groups excluding carboxylic acids is 1. The molecule has 6 rings (SSSR count). The van der Waals surface area contributed by atoms with Crippen LogP contribution in [0.5, 0.6) is 0 Å². The lowest BCUT2D eigenvalue weighted by Crippen LogP contribution is -2.75. The molecule has 1 aromatic rings. The van der Waals surface area contributed by atoms with Crippen molar-refractivity contribution in [3.63, 3.8) is 0 Å². The highest BCUT2D eigenvalue weighted by Gasteiger charge is 2.82. The number of methoxy groups -OCH3 is 1. The van der Waals surface area contributed by atoms with Gasteiger partial charge in [-0.1, -0.05) is 29.8 Å². The van der Waals surface area contributed by atoms with Crippen molar-refractivity contribution in [2.45, 2.75) is 36.9 Å². The van der Waals surface area contributed by atoms with E-state index >= 15 is 0 Å². The maximum absolute atomic E-state index is 13.4. The Kier molecular flexibility index (Phi) is 3.41. The van der Waals surface area contributed by atoms with Crippen LogP contribution >= 0.6 is 0 Å². The van der Waals surface area contributed by atoms with E-state index in [2.05, 4.69) is 10.2 Å². The molecule has 0 radical (unpaired) electrons. The van der Waals surface area contributed by atoms with E-state index in [0.717, 1.165) is 23.4 Å². The summed E-state index contributed by atoms with van der Waals surface area (Å²) in [6.45, 7) is 3.10. The van der Waals surface area contributed by atoms with Crippen molar-refractivity contribution in [3.8, 4) is 0 Å². The summed E-state index contributed by atoms with van der Waals surface area (Å²) in [5, 5.41) is 25.9. The second kappa shape index (κ2) is 5.34. The molecule has 27 heavy (non-hydrogen) atoms. The Morgan fingerprint density at radius 2 is 2.22 bits per heavy atom. The molecule has 0 aromatic heterocycles. The number of anilines is 1. The van der Waals surface area contributed by atoms with E-state index in [1.807, 2.05) is 37.3 Å². The van der Waals surface area contributed by atoms with Crippen LogP contribution in [-0.4, -0.2) is 59.7 Å². The van der Waals surface area contributed by atoms with E-state index in [4.69, 9.17) is 4.74 Å². The second-order valence-electron chi connectivity index (χ2n) is 8.30. The summed E-state index contributed by atoms with van der Waals surface area (Å²) in [5.41, 5.74) is 0.354. The van der Waals surface area contributed by atoms with Gasteiger partial charge in [-0.15, -0.1) is 0 Å². The predicted molar refractivity (Wildman–Crippen MR) is 100 cm³/mol. The molecule has 6 heteroatoms. The molecule has 4 bridgehead atoms. The molecule has 1 saturated carbocycles. The van der Waals surface area contributed by atoms with Gasteiger partial charge in [0.1, 0.15) is 11.1 Å². The van der Waals surface area contributed by atoms with Crippen LogP contribution in [0.2, 0.25) is 0 Å². The first-order chi connectivity index (χ1) is 13.0. The van der Waals surface area contributed by atoms with Gasteiger partial charge in [-0.3, -0.25) is 9.69 Å². The van der Waals surface area contributed by atoms with E-state index in [-0.39, 0.29) is 18.5 Å². The Labute approximate surface area is 158 Å². The van der Waals surface area contributed by atoms with Gasteiger partial charge in [-0.25, -0.2) is 0 Å². The van der Waals surface area contributed by atoms with Crippen molar-refractivity contribution in [1.82, 2.24) is 4.90 Å². The Hall–Kier alpha value is -1.89. The zero-order valence-corrected chi connectivity index (χ0v) is 15.7. The van der Waals surface area contributed by atoms with Crippen LogP contribution in [0, 0.1) is 11.3 Å². The zero-order valence-electron chi connectivity index (χ0n) is 15.7. The Morgan fingerprint density at radius 1 is 1.44 bits per heavy atom. The Balaban J connectivity index is 1.93. The molecular formula is C21H26N2O4. The summed E-state index contributed by atoms with van der Waals surface area (Å²) in [5.74, 6) is -0.644. The number of nitrogens with one attached hydrogen (secondary N) is 1. The molecule has 0 amide bonds. The zero-order chi connectivity index (χ0) is 19.0. The SMILES string of the molecule is C/C=C1\CN2CC[C@@]34c5ccccc5N[C@@]23[C@@H](O)C[C@@H]1[C@@]4(CO)C(=O)OC. The van der Waals surface area contributed by atoms with Crippen LogP contribution in [0.3, 0.4) is 0 Å². The summed E-state index contributed by atoms with van der Waals surface area (Å²) in [6, 6.07) is 7.97. The van der Waals surface area contributed by atoms with Crippen LogP contribution in [0.1, 0.15) is 25.3 Å². The molecule has 4 fully saturated rings. The molecule has 6 nitrogen and oxygen atoms in total. The highest BCUT2D eigenvalue weighted by Crippen LogP contribution is 2.72. The minimum atomic E-state index is -1.13. The fourth-order valence-corrected chi connectivity index (χ4v) is 7.01. The van der Waals surface area contributed by atoms with Crippen molar-refractivity contribution in [2.24, 2.45) is 11.3 Å². The van der Waals surface area contributed by atoms with Gasteiger partial charge < -0.3 is 20.3 Å². The number of esters is 1. The van der Waals surface area contributed by atoms with E-state index in [0.29, 0.717) is 19.4 Å². The van der Waals surface area contributed by atoms with Crippen LogP contribution in [0.25, 0.3) is 0 Å². The van der Waals surface area contributed by atoms with Crippen molar-refractivity contribution in [2.75, 3.05) is 32.1 Å². The van der Waals surface area contributed by atoms with E-state index in [9.17, 15) is 15.0 Å². The molecule has 1 aliphatic carbocycles. The van der Waals surface area contributed by atoms with Crippen molar-refractivity contribution >= 4 is 11.7 Å². The third-order valence-corrected chi connectivity index (χ3v) is 7.91. The van der Waals surface area contributed by atoms with Gasteiger partial charge in [-0.2, -0.15) is 0 Å². The van der Waals surface area contributed by atoms with Gasteiger partial charge in [0.05, 0.1) is 25.2 Å². The van der Waals surface area contributed by atoms with Crippen LogP contribution in [0.4, 0.5) is 5.69 Å². The number of hydrogen-bond acceptors (Lipinski definition) is 6. The third kappa shape index (κ3) is 1.55. The largest absolute Gasteiger partial charge is 0.468 e. The van der Waals surface area contributed by atoms with Crippen molar-refractivity contribution in [1.29, 1.82) is 0 Å². The lowest BCUT2D eigenvalue weighted by atomic mass is 9.45. The first-order valence-corrected chi connectivity index (χ1v) is 9.68. The number of aliphatic hydroxyl groups is 2. The number of fused-ring (bicyclic) bond motifs is 3. The highest BCUT2D eigenvalue weighted by atomic mass is 16.5. The maximum Gasteiger partial charge on any atom is 0.315 e. The number of benzene rings is 1. The lowest BCUT2D eigenvalue weighted by molar-refractivity contribution is -0.184. The molecule has 1 unspecified atom stereocenters. The maximum atomic E-state index is 13.4. The number of para-hydroxylation sites is 1. The van der Waals surface area contributed by atoms with Crippen molar-refractivity contribution < 1.29 is 19.7 Å². The number of aliphatic hydroxyl groups excluding tert-OH is 2. The molecular weight excluding hydrogens is 344 g/mol.